The number of rotatable bonds is 4. The molecule has 0 amide bonds. The van der Waals surface area contributed by atoms with Gasteiger partial charge in [-0.1, -0.05) is 29.8 Å². The Kier molecular flexibility index (Phi) is 4.22. The van der Waals surface area contributed by atoms with Gasteiger partial charge in [0.15, 0.2) is 0 Å². The van der Waals surface area contributed by atoms with E-state index in [2.05, 4.69) is 15.9 Å². The van der Waals surface area contributed by atoms with Crippen LogP contribution in [-0.4, -0.2) is 5.97 Å². The van der Waals surface area contributed by atoms with Gasteiger partial charge in [0.1, 0.15) is 12.4 Å². The molecule has 0 aliphatic heterocycles. The molecular formula is C15H12BrO3-. The number of ether oxygens (including phenoxy) is 1. The monoisotopic (exact) mass is 319 g/mol. The minimum atomic E-state index is -1.20. The topological polar surface area (TPSA) is 49.4 Å². The summed E-state index contributed by atoms with van der Waals surface area (Å²) >= 11 is 3.28. The van der Waals surface area contributed by atoms with E-state index in [-0.39, 0.29) is 5.56 Å². The van der Waals surface area contributed by atoms with Crippen molar-refractivity contribution in [3.8, 4) is 5.75 Å². The van der Waals surface area contributed by atoms with Crippen molar-refractivity contribution in [3.63, 3.8) is 0 Å². The summed E-state index contributed by atoms with van der Waals surface area (Å²) in [4.78, 5) is 10.7. The zero-order chi connectivity index (χ0) is 13.8. The third-order valence-electron chi connectivity index (χ3n) is 2.68. The maximum atomic E-state index is 10.7. The Bertz CT molecular complexity index is 591. The maximum absolute atomic E-state index is 10.7. The van der Waals surface area contributed by atoms with E-state index >= 15 is 0 Å². The van der Waals surface area contributed by atoms with Crippen molar-refractivity contribution in [1.82, 2.24) is 0 Å². The van der Waals surface area contributed by atoms with Gasteiger partial charge in [0.25, 0.3) is 0 Å². The van der Waals surface area contributed by atoms with E-state index in [9.17, 15) is 9.90 Å². The first-order chi connectivity index (χ1) is 9.06. The van der Waals surface area contributed by atoms with E-state index in [1.165, 1.54) is 17.7 Å². The Morgan fingerprint density at radius 1 is 1.21 bits per heavy atom. The normalized spacial score (nSPS) is 10.2. The second kappa shape index (κ2) is 5.89. The summed E-state index contributed by atoms with van der Waals surface area (Å²) in [6.45, 7) is 2.46. The quantitative estimate of drug-likeness (QED) is 0.870. The summed E-state index contributed by atoms with van der Waals surface area (Å²) < 4.78 is 6.24. The third-order valence-corrected chi connectivity index (χ3v) is 3.30. The first kappa shape index (κ1) is 13.6. The molecule has 3 nitrogen and oxygen atoms in total. The second-order valence-electron chi connectivity index (χ2n) is 4.21. The van der Waals surface area contributed by atoms with Crippen molar-refractivity contribution < 1.29 is 14.6 Å². The van der Waals surface area contributed by atoms with Gasteiger partial charge in [-0.3, -0.25) is 0 Å². The number of aromatic carboxylic acids is 1. The lowest BCUT2D eigenvalue weighted by atomic mass is 10.2. The highest BCUT2D eigenvalue weighted by Crippen LogP contribution is 2.26. The number of carbonyl (C=O) groups is 1. The molecule has 0 atom stereocenters. The summed E-state index contributed by atoms with van der Waals surface area (Å²) in [5.74, 6) is -0.601. The fraction of sp³-hybridized carbons (Fsp3) is 0.133. The lowest BCUT2D eigenvalue weighted by molar-refractivity contribution is -0.255. The minimum absolute atomic E-state index is 0.120. The molecule has 0 heterocycles. The van der Waals surface area contributed by atoms with E-state index in [0.717, 1.165) is 5.56 Å². The molecule has 0 aliphatic carbocycles. The Morgan fingerprint density at radius 3 is 2.47 bits per heavy atom. The van der Waals surface area contributed by atoms with Crippen LogP contribution in [0.15, 0.2) is 46.9 Å². The van der Waals surface area contributed by atoms with Crippen molar-refractivity contribution in [1.29, 1.82) is 0 Å². The zero-order valence-corrected chi connectivity index (χ0v) is 11.9. The maximum Gasteiger partial charge on any atom is 0.134 e. The fourth-order valence-corrected chi connectivity index (χ4v) is 2.08. The number of benzene rings is 2. The van der Waals surface area contributed by atoms with Gasteiger partial charge < -0.3 is 14.6 Å². The van der Waals surface area contributed by atoms with E-state index in [4.69, 9.17) is 4.74 Å². The Hall–Kier alpha value is -1.81. The number of hydrogen-bond acceptors (Lipinski definition) is 3. The average Bonchev–Trinajstić information content (AvgIpc) is 2.39. The molecule has 98 valence electrons. The van der Waals surface area contributed by atoms with Gasteiger partial charge in [-0.2, -0.15) is 0 Å². The summed E-state index contributed by atoms with van der Waals surface area (Å²) in [5, 5.41) is 10.7. The number of carboxylic acid groups (broad SMARTS) is 1. The van der Waals surface area contributed by atoms with Crippen LogP contribution in [0.25, 0.3) is 0 Å². The first-order valence-electron chi connectivity index (χ1n) is 5.75. The number of aryl methyl sites for hydroxylation is 1. The van der Waals surface area contributed by atoms with E-state index in [0.29, 0.717) is 16.8 Å². The van der Waals surface area contributed by atoms with E-state index < -0.39 is 5.97 Å². The van der Waals surface area contributed by atoms with Crippen molar-refractivity contribution in [2.45, 2.75) is 13.5 Å². The van der Waals surface area contributed by atoms with Crippen LogP contribution in [0.2, 0.25) is 0 Å². The number of carbonyl (C=O) groups excluding carboxylic acids is 1. The van der Waals surface area contributed by atoms with Crippen molar-refractivity contribution in [2.75, 3.05) is 0 Å². The van der Waals surface area contributed by atoms with Crippen LogP contribution in [0.5, 0.6) is 5.75 Å². The standard InChI is InChI=1S/C15H13BrO3/c1-10-2-4-11(5-3-10)9-19-14-7-6-12(15(17)18)8-13(14)16/h2-8H,9H2,1H3,(H,17,18)/p-1. The predicted molar refractivity (Wildman–Crippen MR) is 74.0 cm³/mol. The molecule has 0 spiro atoms. The second-order valence-corrected chi connectivity index (χ2v) is 5.06. The average molecular weight is 320 g/mol. The first-order valence-corrected chi connectivity index (χ1v) is 6.55. The molecule has 19 heavy (non-hydrogen) atoms. The summed E-state index contributed by atoms with van der Waals surface area (Å²) in [5.41, 5.74) is 2.37. The van der Waals surface area contributed by atoms with Gasteiger partial charge in [-0.15, -0.1) is 0 Å². The van der Waals surface area contributed by atoms with E-state index in [1.807, 2.05) is 31.2 Å². The Balaban J connectivity index is 2.07. The summed E-state index contributed by atoms with van der Waals surface area (Å²) in [6.07, 6.45) is 0. The minimum Gasteiger partial charge on any atom is -0.545 e. The van der Waals surface area contributed by atoms with Gasteiger partial charge in [-0.05, 0) is 52.2 Å². The number of hydrogen-bond donors (Lipinski definition) is 0. The smallest absolute Gasteiger partial charge is 0.134 e. The number of halogens is 1. The molecule has 0 aromatic heterocycles. The van der Waals surface area contributed by atoms with Crippen molar-refractivity contribution in [3.05, 3.63) is 63.6 Å². The molecule has 0 saturated carbocycles. The van der Waals surface area contributed by atoms with Crippen molar-refractivity contribution in [2.24, 2.45) is 0 Å². The lowest BCUT2D eigenvalue weighted by Crippen LogP contribution is -2.22. The highest BCUT2D eigenvalue weighted by molar-refractivity contribution is 9.10. The Labute approximate surface area is 120 Å². The zero-order valence-electron chi connectivity index (χ0n) is 10.4. The van der Waals surface area contributed by atoms with Crippen LogP contribution in [-0.2, 0) is 6.61 Å². The number of carboxylic acids is 1. The van der Waals surface area contributed by atoms with Crippen LogP contribution >= 0.6 is 15.9 Å². The molecule has 2 aromatic carbocycles. The molecule has 0 N–H and O–H groups in total. The molecule has 0 aliphatic rings. The van der Waals surface area contributed by atoms with Gasteiger partial charge >= 0.3 is 0 Å². The molecule has 2 aromatic rings. The molecule has 0 bridgehead atoms. The van der Waals surface area contributed by atoms with Crippen LogP contribution in [0, 0.1) is 6.92 Å². The van der Waals surface area contributed by atoms with Gasteiger partial charge in [0.05, 0.1) is 10.4 Å². The van der Waals surface area contributed by atoms with Gasteiger partial charge in [0, 0.05) is 0 Å². The van der Waals surface area contributed by atoms with E-state index in [1.54, 1.807) is 6.07 Å². The van der Waals surface area contributed by atoms with Crippen LogP contribution in [0.3, 0.4) is 0 Å². The van der Waals surface area contributed by atoms with Gasteiger partial charge in [0.2, 0.25) is 0 Å². The van der Waals surface area contributed by atoms with Gasteiger partial charge in [-0.25, -0.2) is 0 Å². The Morgan fingerprint density at radius 2 is 1.89 bits per heavy atom. The highest BCUT2D eigenvalue weighted by Gasteiger charge is 2.04. The molecule has 0 saturated heterocycles. The third kappa shape index (κ3) is 3.58. The molecule has 0 fully saturated rings. The molecule has 0 radical (unpaired) electrons. The van der Waals surface area contributed by atoms with Crippen LogP contribution in [0.4, 0.5) is 0 Å². The van der Waals surface area contributed by atoms with Crippen LogP contribution in [0.1, 0.15) is 21.5 Å². The molecular weight excluding hydrogens is 308 g/mol. The molecule has 4 heteroatoms. The predicted octanol–water partition coefficient (Wildman–Crippen LogP) is 2.70. The summed E-state index contributed by atoms with van der Waals surface area (Å²) in [7, 11) is 0. The molecule has 2 rings (SSSR count). The largest absolute Gasteiger partial charge is 0.545 e. The molecule has 0 unspecified atom stereocenters. The SMILES string of the molecule is Cc1ccc(COc2ccc(C(=O)[O-])cc2Br)cc1. The fourth-order valence-electron chi connectivity index (χ4n) is 1.59. The summed E-state index contributed by atoms with van der Waals surface area (Å²) in [6, 6.07) is 12.6. The van der Waals surface area contributed by atoms with Crippen LogP contribution < -0.4 is 9.84 Å². The lowest BCUT2D eigenvalue weighted by Gasteiger charge is -2.10. The highest BCUT2D eigenvalue weighted by atomic mass is 79.9. The van der Waals surface area contributed by atoms with Crippen molar-refractivity contribution >= 4 is 21.9 Å².